The number of halogens is 1. The number of hydrogen-bond donors (Lipinski definition) is 3. The van der Waals surface area contributed by atoms with Gasteiger partial charge in [0, 0.05) is 5.02 Å². The molecule has 0 spiro atoms. The number of nitrogens with zero attached hydrogens (tertiary/aromatic N) is 1. The van der Waals surface area contributed by atoms with Gasteiger partial charge in [-0.1, -0.05) is 30.6 Å². The summed E-state index contributed by atoms with van der Waals surface area (Å²) in [6.45, 7) is 3.51. The Morgan fingerprint density at radius 2 is 1.85 bits per heavy atom. The summed E-state index contributed by atoms with van der Waals surface area (Å²) in [7, 11) is -3.79. The van der Waals surface area contributed by atoms with Gasteiger partial charge in [-0.25, -0.2) is 8.42 Å². The van der Waals surface area contributed by atoms with Gasteiger partial charge in [-0.15, -0.1) is 0 Å². The first-order chi connectivity index (χ1) is 9.31. The molecule has 0 amide bonds. The van der Waals surface area contributed by atoms with Crippen molar-refractivity contribution in [2.24, 2.45) is 10.9 Å². The molecule has 20 heavy (non-hydrogen) atoms. The number of amidine groups is 1. The molecule has 0 saturated carbocycles. The fourth-order valence-corrected chi connectivity index (χ4v) is 3.48. The van der Waals surface area contributed by atoms with E-state index in [0.717, 1.165) is 0 Å². The van der Waals surface area contributed by atoms with E-state index in [2.05, 4.69) is 9.88 Å². The Morgan fingerprint density at radius 1 is 1.35 bits per heavy atom. The number of sulfonamides is 1. The van der Waals surface area contributed by atoms with Crippen LogP contribution in [0.3, 0.4) is 0 Å². The molecule has 0 saturated heterocycles. The first kappa shape index (κ1) is 16.7. The fourth-order valence-electron chi connectivity index (χ4n) is 1.83. The highest BCUT2D eigenvalue weighted by molar-refractivity contribution is 7.89. The van der Waals surface area contributed by atoms with Crippen LogP contribution in [-0.2, 0) is 10.0 Å². The van der Waals surface area contributed by atoms with Gasteiger partial charge in [0.2, 0.25) is 10.0 Å². The smallest absolute Gasteiger partial charge is 0.241 e. The van der Waals surface area contributed by atoms with Gasteiger partial charge in [0.05, 0.1) is 10.4 Å². The average Bonchev–Trinajstić information content (AvgIpc) is 2.44. The molecule has 1 rings (SSSR count). The summed E-state index contributed by atoms with van der Waals surface area (Å²) in [6.07, 6.45) is 0.707. The van der Waals surface area contributed by atoms with E-state index in [4.69, 9.17) is 22.5 Å². The Labute approximate surface area is 123 Å². The van der Waals surface area contributed by atoms with Gasteiger partial charge in [-0.2, -0.15) is 4.72 Å². The van der Waals surface area contributed by atoms with E-state index in [1.807, 2.05) is 0 Å². The quantitative estimate of drug-likeness (QED) is 0.322. The van der Waals surface area contributed by atoms with E-state index < -0.39 is 15.6 Å². The first-order valence-corrected chi connectivity index (χ1v) is 7.95. The largest absolute Gasteiger partial charge is 0.409 e. The third-order valence-electron chi connectivity index (χ3n) is 3.26. The zero-order valence-electron chi connectivity index (χ0n) is 11.3. The SMILES string of the molecule is CCC(CC)(NS(=O)(=O)c1ccc(Cl)cc1)/C(N)=N/O. The Bertz CT molecular complexity index is 580. The van der Waals surface area contributed by atoms with Crippen molar-refractivity contribution in [2.75, 3.05) is 0 Å². The number of hydrogen-bond acceptors (Lipinski definition) is 4. The first-order valence-electron chi connectivity index (χ1n) is 6.09. The molecule has 1 aromatic carbocycles. The molecule has 0 radical (unpaired) electrons. The van der Waals surface area contributed by atoms with E-state index >= 15 is 0 Å². The van der Waals surface area contributed by atoms with Crippen LogP contribution in [0.4, 0.5) is 0 Å². The zero-order chi connectivity index (χ0) is 15.4. The lowest BCUT2D eigenvalue weighted by molar-refractivity contribution is 0.307. The number of benzene rings is 1. The normalized spacial score (nSPS) is 13.4. The predicted molar refractivity (Wildman–Crippen MR) is 78.5 cm³/mol. The van der Waals surface area contributed by atoms with Crippen LogP contribution in [0.25, 0.3) is 0 Å². The summed E-state index contributed by atoms with van der Waals surface area (Å²) >= 11 is 5.73. The molecule has 0 heterocycles. The van der Waals surface area contributed by atoms with Gasteiger partial charge in [0.1, 0.15) is 0 Å². The highest BCUT2D eigenvalue weighted by Gasteiger charge is 2.36. The lowest BCUT2D eigenvalue weighted by atomic mass is 9.93. The summed E-state index contributed by atoms with van der Waals surface area (Å²) in [5.41, 5.74) is 4.52. The molecule has 112 valence electrons. The fraction of sp³-hybridized carbons (Fsp3) is 0.417. The van der Waals surface area contributed by atoms with Gasteiger partial charge < -0.3 is 10.9 Å². The Kier molecular flexibility index (Phi) is 5.38. The molecule has 1 aromatic rings. The van der Waals surface area contributed by atoms with Crippen LogP contribution in [0.2, 0.25) is 5.02 Å². The molecule has 0 fully saturated rings. The maximum atomic E-state index is 12.4. The minimum Gasteiger partial charge on any atom is -0.409 e. The van der Waals surface area contributed by atoms with Gasteiger partial charge in [-0.05, 0) is 37.1 Å². The molecule has 0 bridgehead atoms. The minimum atomic E-state index is -3.79. The second-order valence-corrected chi connectivity index (χ2v) is 6.45. The molecule has 6 nitrogen and oxygen atoms in total. The number of nitrogens with one attached hydrogen (secondary N) is 1. The molecule has 0 atom stereocenters. The molecule has 0 unspecified atom stereocenters. The van der Waals surface area contributed by atoms with Crippen molar-refractivity contribution in [1.29, 1.82) is 0 Å². The maximum absolute atomic E-state index is 12.4. The molecule has 8 heteroatoms. The van der Waals surface area contributed by atoms with Crippen LogP contribution in [0.15, 0.2) is 34.3 Å². The monoisotopic (exact) mass is 319 g/mol. The molecule has 0 aliphatic carbocycles. The van der Waals surface area contributed by atoms with E-state index in [1.165, 1.54) is 24.3 Å². The van der Waals surface area contributed by atoms with Gasteiger partial charge in [0.25, 0.3) is 0 Å². The summed E-state index contributed by atoms with van der Waals surface area (Å²) < 4.78 is 27.2. The molecule has 4 N–H and O–H groups in total. The van der Waals surface area contributed by atoms with Crippen molar-refractivity contribution < 1.29 is 13.6 Å². The molecule has 0 aliphatic rings. The van der Waals surface area contributed by atoms with Crippen LogP contribution < -0.4 is 10.5 Å². The summed E-state index contributed by atoms with van der Waals surface area (Å²) in [5.74, 6) is -0.167. The summed E-state index contributed by atoms with van der Waals surface area (Å²) in [6, 6.07) is 5.76. The van der Waals surface area contributed by atoms with Crippen molar-refractivity contribution in [3.63, 3.8) is 0 Å². The maximum Gasteiger partial charge on any atom is 0.241 e. The van der Waals surface area contributed by atoms with Crippen molar-refractivity contribution in [1.82, 2.24) is 4.72 Å². The van der Waals surface area contributed by atoms with E-state index in [1.54, 1.807) is 13.8 Å². The van der Waals surface area contributed by atoms with E-state index in [-0.39, 0.29) is 10.7 Å². The van der Waals surface area contributed by atoms with Gasteiger partial charge in [0.15, 0.2) is 5.84 Å². The average molecular weight is 320 g/mol. The van der Waals surface area contributed by atoms with Crippen LogP contribution in [0.5, 0.6) is 0 Å². The topological polar surface area (TPSA) is 105 Å². The highest BCUT2D eigenvalue weighted by Crippen LogP contribution is 2.21. The lowest BCUT2D eigenvalue weighted by Crippen LogP contribution is -2.56. The molecule has 0 aliphatic heterocycles. The third kappa shape index (κ3) is 3.41. The molecule has 0 aromatic heterocycles. The second kappa shape index (κ2) is 6.43. The Balaban J connectivity index is 3.19. The van der Waals surface area contributed by atoms with Gasteiger partial charge in [-0.3, -0.25) is 0 Å². The summed E-state index contributed by atoms with van der Waals surface area (Å²) in [5, 5.41) is 12.2. The summed E-state index contributed by atoms with van der Waals surface area (Å²) in [4.78, 5) is 0.0684. The second-order valence-electron chi connectivity index (χ2n) is 4.33. The van der Waals surface area contributed by atoms with Crippen LogP contribution in [0.1, 0.15) is 26.7 Å². The molecular weight excluding hydrogens is 302 g/mol. The van der Waals surface area contributed by atoms with Crippen molar-refractivity contribution >= 4 is 27.5 Å². The lowest BCUT2D eigenvalue weighted by Gasteiger charge is -2.30. The van der Waals surface area contributed by atoms with Crippen LogP contribution in [-0.4, -0.2) is 25.0 Å². The van der Waals surface area contributed by atoms with E-state index in [9.17, 15) is 8.42 Å². The van der Waals surface area contributed by atoms with Gasteiger partial charge >= 0.3 is 0 Å². The Hall–Kier alpha value is -1.31. The number of rotatable bonds is 6. The minimum absolute atomic E-state index is 0.0684. The number of nitrogens with two attached hydrogens (primary N) is 1. The van der Waals surface area contributed by atoms with Crippen molar-refractivity contribution in [2.45, 2.75) is 37.1 Å². The zero-order valence-corrected chi connectivity index (χ0v) is 12.9. The Morgan fingerprint density at radius 3 is 2.25 bits per heavy atom. The number of oxime groups is 1. The van der Waals surface area contributed by atoms with Crippen molar-refractivity contribution in [3.05, 3.63) is 29.3 Å². The van der Waals surface area contributed by atoms with E-state index in [0.29, 0.717) is 17.9 Å². The van der Waals surface area contributed by atoms with Crippen LogP contribution >= 0.6 is 11.6 Å². The predicted octanol–water partition coefficient (Wildman–Crippen LogP) is 1.92. The third-order valence-corrected chi connectivity index (χ3v) is 5.06. The molecular formula is C12H18ClN3O3S. The highest BCUT2D eigenvalue weighted by atomic mass is 35.5. The van der Waals surface area contributed by atoms with Crippen LogP contribution in [0, 0.1) is 0 Å². The van der Waals surface area contributed by atoms with Crippen molar-refractivity contribution in [3.8, 4) is 0 Å². The standard InChI is InChI=1S/C12H18ClN3O3S/c1-3-12(4-2,11(14)15-17)16-20(18,19)10-7-5-9(13)6-8-10/h5-8,16-17H,3-4H2,1-2H3,(H2,14,15).